The van der Waals surface area contributed by atoms with Crippen molar-refractivity contribution in [1.29, 1.82) is 0 Å². The van der Waals surface area contributed by atoms with E-state index in [0.29, 0.717) is 5.75 Å². The average molecular weight is 459 g/mol. The molecule has 10 heteroatoms. The fraction of sp³-hybridized carbons (Fsp3) is 0.227. The van der Waals surface area contributed by atoms with Gasteiger partial charge in [0.25, 0.3) is 0 Å². The predicted octanol–water partition coefficient (Wildman–Crippen LogP) is 3.06. The summed E-state index contributed by atoms with van der Waals surface area (Å²) in [5.74, 6) is 2.21. The molecule has 1 N–H and O–H groups in total. The molecule has 1 aliphatic heterocycles. The zero-order valence-corrected chi connectivity index (χ0v) is 18.1. The number of hydrogen-bond acceptors (Lipinski definition) is 8. The SMILES string of the molecule is CCC[n+]1cc2c(O)c(OC)ccc2c2ccc3cc4c(cc3c21)OCO4.O=S(=O)([O-])[O-].[H+]. The van der Waals surface area contributed by atoms with Gasteiger partial charge in [-0.2, -0.15) is 4.57 Å². The molecule has 0 saturated carbocycles. The number of phenolic OH excluding ortho intramolecular Hbond substituents is 1. The molecule has 1 aromatic heterocycles. The minimum Gasteiger partial charge on any atom is -0.759 e. The van der Waals surface area contributed by atoms with Crippen molar-refractivity contribution in [3.8, 4) is 23.0 Å². The topological polar surface area (TPSA) is 132 Å². The average Bonchev–Trinajstić information content (AvgIpc) is 3.19. The molecule has 0 aliphatic carbocycles. The summed E-state index contributed by atoms with van der Waals surface area (Å²) in [6, 6.07) is 12.1. The van der Waals surface area contributed by atoms with Crippen molar-refractivity contribution in [3.05, 3.63) is 42.6 Å². The molecule has 1 aliphatic rings. The molecule has 0 bridgehead atoms. The van der Waals surface area contributed by atoms with Crippen molar-refractivity contribution < 1.29 is 42.8 Å². The third-order valence-electron chi connectivity index (χ3n) is 5.21. The minimum absolute atomic E-state index is 0. The number of rotatable bonds is 3. The van der Waals surface area contributed by atoms with Crippen LogP contribution in [0.25, 0.3) is 32.4 Å². The first-order chi connectivity index (χ1) is 15.2. The summed E-state index contributed by atoms with van der Waals surface area (Å²) in [4.78, 5) is 0. The van der Waals surface area contributed by atoms with Crippen molar-refractivity contribution >= 4 is 42.8 Å². The van der Waals surface area contributed by atoms with Gasteiger partial charge in [0.05, 0.1) is 23.3 Å². The van der Waals surface area contributed by atoms with Gasteiger partial charge in [-0.25, -0.2) is 0 Å². The Labute approximate surface area is 185 Å². The fourth-order valence-electron chi connectivity index (χ4n) is 3.98. The van der Waals surface area contributed by atoms with Crippen molar-refractivity contribution in [1.82, 2.24) is 0 Å². The molecule has 168 valence electrons. The third-order valence-corrected chi connectivity index (χ3v) is 5.21. The highest BCUT2D eigenvalue weighted by Gasteiger charge is 2.22. The third kappa shape index (κ3) is 4.07. The highest BCUT2D eigenvalue weighted by atomic mass is 32.3. The Morgan fingerprint density at radius 2 is 1.72 bits per heavy atom. The summed E-state index contributed by atoms with van der Waals surface area (Å²) in [6.45, 7) is 3.25. The number of nitrogens with zero attached hydrogens (tertiary/aromatic N) is 1. The molecule has 0 amide bonds. The summed E-state index contributed by atoms with van der Waals surface area (Å²) in [7, 11) is -3.60. The Hall–Kier alpha value is -3.34. The summed E-state index contributed by atoms with van der Waals surface area (Å²) < 4.78 is 52.7. The number of aryl methyl sites for hydroxylation is 1. The predicted molar refractivity (Wildman–Crippen MR) is 115 cm³/mol. The van der Waals surface area contributed by atoms with Crippen LogP contribution in [0.2, 0.25) is 0 Å². The lowest BCUT2D eigenvalue weighted by atomic mass is 10.00. The van der Waals surface area contributed by atoms with Crippen LogP contribution in [0.15, 0.2) is 42.6 Å². The Kier molecular flexibility index (Phi) is 5.68. The Balaban J connectivity index is 0.000000465. The van der Waals surface area contributed by atoms with E-state index in [2.05, 4.69) is 29.7 Å². The quantitative estimate of drug-likeness (QED) is 0.214. The molecule has 9 nitrogen and oxygen atoms in total. The summed E-state index contributed by atoms with van der Waals surface area (Å²) in [5, 5.41) is 15.8. The highest BCUT2D eigenvalue weighted by Crippen LogP contribution is 2.41. The second-order valence-electron chi connectivity index (χ2n) is 7.20. The van der Waals surface area contributed by atoms with Gasteiger partial charge in [0.1, 0.15) is 6.54 Å². The van der Waals surface area contributed by atoms with Crippen LogP contribution in [0.4, 0.5) is 0 Å². The number of aromatic nitrogens is 1. The fourth-order valence-corrected chi connectivity index (χ4v) is 3.98. The zero-order chi connectivity index (χ0) is 23.0. The Morgan fingerprint density at radius 3 is 2.38 bits per heavy atom. The van der Waals surface area contributed by atoms with Crippen LogP contribution in [0.1, 0.15) is 14.8 Å². The second-order valence-corrected chi connectivity index (χ2v) is 8.01. The van der Waals surface area contributed by atoms with Crippen molar-refractivity contribution in [3.63, 3.8) is 0 Å². The molecule has 0 radical (unpaired) electrons. The van der Waals surface area contributed by atoms with Gasteiger partial charge in [-0.05, 0) is 35.7 Å². The van der Waals surface area contributed by atoms with Crippen molar-refractivity contribution in [2.75, 3.05) is 13.9 Å². The van der Waals surface area contributed by atoms with Gasteiger partial charge in [0, 0.05) is 22.2 Å². The normalized spacial score (nSPS) is 12.8. The van der Waals surface area contributed by atoms with Crippen LogP contribution in [0.3, 0.4) is 0 Å². The Bertz CT molecular complexity index is 1450. The van der Waals surface area contributed by atoms with E-state index in [1.807, 2.05) is 24.4 Å². The number of ether oxygens (including phenoxy) is 3. The number of phenols is 1. The van der Waals surface area contributed by atoms with E-state index < -0.39 is 10.4 Å². The monoisotopic (exact) mass is 459 g/mol. The van der Waals surface area contributed by atoms with Crippen molar-refractivity contribution in [2.45, 2.75) is 19.9 Å². The highest BCUT2D eigenvalue weighted by molar-refractivity contribution is 7.79. The maximum Gasteiger partial charge on any atom is 1.00 e. The first-order valence-corrected chi connectivity index (χ1v) is 11.1. The number of fused-ring (bicyclic) bond motifs is 6. The second kappa shape index (κ2) is 8.30. The lowest BCUT2D eigenvalue weighted by Crippen LogP contribution is -2.34. The number of aromatic hydroxyl groups is 1. The van der Waals surface area contributed by atoms with Crippen LogP contribution >= 0.6 is 0 Å². The molecule has 0 spiro atoms. The van der Waals surface area contributed by atoms with Gasteiger partial charge in [-0.3, -0.25) is 8.42 Å². The summed E-state index contributed by atoms with van der Waals surface area (Å²) in [5.41, 5.74) is 1.13. The van der Waals surface area contributed by atoms with E-state index in [1.165, 1.54) is 0 Å². The van der Waals surface area contributed by atoms with Crippen LogP contribution in [-0.2, 0) is 16.9 Å². The standard InChI is InChI=1S/C22H19NO4.H2O4S/c1-3-8-23-11-17-14(6-7-18(25-2)22(17)24)15-5-4-13-9-19-20(27-12-26-19)10-16(13)21(15)23;1-5(2,3)4/h4-7,9-11H,3,8,12H2,1-2H3;(H2,1,2,3,4). The number of pyridine rings is 1. The molecular formula is C22H21NO8S. The smallest absolute Gasteiger partial charge is 0.759 e. The molecule has 0 fully saturated rings. The van der Waals surface area contributed by atoms with E-state index >= 15 is 0 Å². The largest absolute Gasteiger partial charge is 1.00 e. The Morgan fingerprint density at radius 1 is 1.06 bits per heavy atom. The van der Waals surface area contributed by atoms with Crippen LogP contribution in [-0.4, -0.2) is 36.5 Å². The van der Waals surface area contributed by atoms with E-state index in [0.717, 1.165) is 56.9 Å². The molecule has 0 unspecified atom stereocenters. The summed E-state index contributed by atoms with van der Waals surface area (Å²) in [6.07, 6.45) is 3.00. The molecule has 4 aromatic rings. The molecule has 5 rings (SSSR count). The number of benzene rings is 3. The molecule has 0 saturated heterocycles. The van der Waals surface area contributed by atoms with E-state index in [4.69, 9.17) is 31.7 Å². The summed E-state index contributed by atoms with van der Waals surface area (Å²) >= 11 is 0. The molecule has 0 atom stereocenters. The number of methoxy groups -OCH3 is 1. The van der Waals surface area contributed by atoms with Crippen molar-refractivity contribution in [2.24, 2.45) is 0 Å². The van der Waals surface area contributed by atoms with E-state index in [9.17, 15) is 5.11 Å². The van der Waals surface area contributed by atoms with Crippen LogP contribution < -0.4 is 18.8 Å². The maximum atomic E-state index is 10.7. The molecule has 3 aromatic carbocycles. The molecular weight excluding hydrogens is 438 g/mol. The van der Waals surface area contributed by atoms with Gasteiger partial charge >= 0.3 is 1.43 Å². The maximum absolute atomic E-state index is 10.7. The van der Waals surface area contributed by atoms with Gasteiger partial charge in [-0.15, -0.1) is 0 Å². The van der Waals surface area contributed by atoms with Gasteiger partial charge in [-0.1, -0.05) is 13.0 Å². The van der Waals surface area contributed by atoms with Gasteiger partial charge in [0.2, 0.25) is 12.3 Å². The van der Waals surface area contributed by atoms with Crippen LogP contribution in [0, 0.1) is 0 Å². The molecule has 2 heterocycles. The van der Waals surface area contributed by atoms with Gasteiger partial charge < -0.3 is 28.4 Å². The number of hydrogen-bond donors (Lipinski definition) is 1. The van der Waals surface area contributed by atoms with Gasteiger partial charge in [0.15, 0.2) is 29.2 Å². The van der Waals surface area contributed by atoms with E-state index in [1.54, 1.807) is 7.11 Å². The van der Waals surface area contributed by atoms with Crippen LogP contribution in [0.5, 0.6) is 23.0 Å². The zero-order valence-electron chi connectivity index (χ0n) is 18.3. The minimum atomic E-state index is -5.17. The lowest BCUT2D eigenvalue weighted by Gasteiger charge is -2.11. The first kappa shape index (κ1) is 21.9. The lowest BCUT2D eigenvalue weighted by molar-refractivity contribution is -0.669. The van der Waals surface area contributed by atoms with E-state index in [-0.39, 0.29) is 14.0 Å². The molecule has 32 heavy (non-hydrogen) atoms. The first-order valence-electron chi connectivity index (χ1n) is 9.76.